The third kappa shape index (κ3) is 4.09. The quantitative estimate of drug-likeness (QED) is 0.778. The van der Waals surface area contributed by atoms with Gasteiger partial charge < -0.3 is 20.4 Å². The lowest BCUT2D eigenvalue weighted by molar-refractivity contribution is -0.118. The zero-order chi connectivity index (χ0) is 19.8. The molecule has 1 atom stereocenters. The lowest BCUT2D eigenvalue weighted by atomic mass is 9.76. The van der Waals surface area contributed by atoms with Gasteiger partial charge >= 0.3 is 7.12 Å². The SMILES string of the molecule is CC1(C)OB([C@H](CC(N)=O)NC(=O)c2ccc3c(c2)CCC=C3)OC1(C)C. The highest BCUT2D eigenvalue weighted by atomic mass is 16.7. The van der Waals surface area contributed by atoms with Gasteiger partial charge in [-0.05, 0) is 63.8 Å². The van der Waals surface area contributed by atoms with Gasteiger partial charge in [0.1, 0.15) is 0 Å². The van der Waals surface area contributed by atoms with E-state index in [9.17, 15) is 9.59 Å². The maximum atomic E-state index is 12.8. The zero-order valence-corrected chi connectivity index (χ0v) is 16.4. The van der Waals surface area contributed by atoms with Gasteiger partial charge in [0.25, 0.3) is 5.91 Å². The summed E-state index contributed by atoms with van der Waals surface area (Å²) in [5.41, 5.74) is 7.11. The van der Waals surface area contributed by atoms with Crippen molar-refractivity contribution in [2.45, 2.75) is 64.1 Å². The number of carbonyl (C=O) groups excluding carboxylic acids is 2. The van der Waals surface area contributed by atoms with E-state index in [1.807, 2.05) is 39.8 Å². The molecule has 144 valence electrons. The number of allylic oxidation sites excluding steroid dienone is 1. The second-order valence-electron chi connectivity index (χ2n) is 8.23. The Balaban J connectivity index is 1.78. The molecule has 0 aromatic heterocycles. The van der Waals surface area contributed by atoms with E-state index in [2.05, 4.69) is 17.5 Å². The molecule has 1 aromatic carbocycles. The van der Waals surface area contributed by atoms with Crippen LogP contribution in [-0.4, -0.2) is 36.1 Å². The van der Waals surface area contributed by atoms with Crippen LogP contribution in [0.25, 0.3) is 6.08 Å². The molecule has 7 heteroatoms. The summed E-state index contributed by atoms with van der Waals surface area (Å²) < 4.78 is 12.0. The average molecular weight is 370 g/mol. The summed E-state index contributed by atoms with van der Waals surface area (Å²) in [6.45, 7) is 7.70. The Morgan fingerprint density at radius 1 is 1.22 bits per heavy atom. The number of benzene rings is 1. The van der Waals surface area contributed by atoms with E-state index in [0.29, 0.717) is 5.56 Å². The Morgan fingerprint density at radius 3 is 2.52 bits per heavy atom. The van der Waals surface area contributed by atoms with Crippen molar-refractivity contribution in [3.05, 3.63) is 41.0 Å². The summed E-state index contributed by atoms with van der Waals surface area (Å²) in [6.07, 6.45) is 6.02. The summed E-state index contributed by atoms with van der Waals surface area (Å²) in [5, 5.41) is 2.88. The highest BCUT2D eigenvalue weighted by molar-refractivity contribution is 6.48. The molecule has 0 radical (unpaired) electrons. The van der Waals surface area contributed by atoms with Crippen molar-refractivity contribution < 1.29 is 18.9 Å². The fourth-order valence-electron chi connectivity index (χ4n) is 3.31. The zero-order valence-electron chi connectivity index (χ0n) is 16.4. The number of hydrogen-bond donors (Lipinski definition) is 2. The first kappa shape index (κ1) is 19.6. The molecule has 1 heterocycles. The minimum Gasteiger partial charge on any atom is -0.402 e. The van der Waals surface area contributed by atoms with Crippen molar-refractivity contribution in [3.63, 3.8) is 0 Å². The Morgan fingerprint density at radius 2 is 1.89 bits per heavy atom. The van der Waals surface area contributed by atoms with Gasteiger partial charge in [-0.3, -0.25) is 9.59 Å². The third-order valence-electron chi connectivity index (χ3n) is 5.62. The van der Waals surface area contributed by atoms with Crippen molar-refractivity contribution in [1.82, 2.24) is 5.32 Å². The Bertz CT molecular complexity index is 772. The molecule has 2 amide bonds. The monoisotopic (exact) mass is 370 g/mol. The molecular formula is C20H27BN2O4. The molecule has 0 bridgehead atoms. The number of rotatable bonds is 5. The normalized spacial score (nSPS) is 20.8. The summed E-state index contributed by atoms with van der Waals surface area (Å²) in [7, 11) is -0.744. The smallest absolute Gasteiger partial charge is 0.402 e. The van der Waals surface area contributed by atoms with Crippen LogP contribution in [0.2, 0.25) is 0 Å². The predicted octanol–water partition coefficient (Wildman–Crippen LogP) is 2.25. The van der Waals surface area contributed by atoms with Crippen molar-refractivity contribution in [2.75, 3.05) is 0 Å². The van der Waals surface area contributed by atoms with Crippen LogP contribution >= 0.6 is 0 Å². The molecule has 27 heavy (non-hydrogen) atoms. The van der Waals surface area contributed by atoms with Gasteiger partial charge in [-0.2, -0.15) is 0 Å². The van der Waals surface area contributed by atoms with E-state index in [-0.39, 0.29) is 12.3 Å². The standard InChI is InChI=1S/C20H27BN2O4/c1-19(2)20(3,4)27-21(26-19)16(12-17(22)24)23-18(25)15-10-9-13-7-5-6-8-14(13)11-15/h5,7,9-11,16H,6,8,12H2,1-4H3,(H2,22,24)(H,23,25)/t16-/m0/s1. The summed E-state index contributed by atoms with van der Waals surface area (Å²) in [6, 6.07) is 5.63. The van der Waals surface area contributed by atoms with Crippen LogP contribution in [0.5, 0.6) is 0 Å². The lowest BCUT2D eigenvalue weighted by Gasteiger charge is -2.32. The number of hydrogen-bond acceptors (Lipinski definition) is 4. The Hall–Kier alpha value is -2.12. The van der Waals surface area contributed by atoms with Crippen molar-refractivity contribution in [1.29, 1.82) is 0 Å². The van der Waals surface area contributed by atoms with Gasteiger partial charge in [-0.15, -0.1) is 0 Å². The molecule has 3 N–H and O–H groups in total. The second kappa shape index (κ2) is 7.13. The van der Waals surface area contributed by atoms with Gasteiger partial charge in [-0.25, -0.2) is 0 Å². The predicted molar refractivity (Wildman–Crippen MR) is 105 cm³/mol. The van der Waals surface area contributed by atoms with Crippen molar-refractivity contribution in [3.8, 4) is 0 Å². The molecule has 6 nitrogen and oxygen atoms in total. The second-order valence-corrected chi connectivity index (χ2v) is 8.23. The molecule has 0 saturated carbocycles. The molecule has 1 aliphatic heterocycles. The molecule has 1 aliphatic carbocycles. The number of amides is 2. The fourth-order valence-corrected chi connectivity index (χ4v) is 3.31. The summed E-state index contributed by atoms with van der Waals surface area (Å²) in [4.78, 5) is 24.4. The van der Waals surface area contributed by atoms with Gasteiger partial charge in [0.2, 0.25) is 5.91 Å². The first-order valence-electron chi connectivity index (χ1n) is 9.33. The van der Waals surface area contributed by atoms with Crippen LogP contribution < -0.4 is 11.1 Å². The van der Waals surface area contributed by atoms with Crippen LogP contribution in [0.1, 0.15) is 62.0 Å². The molecule has 1 aromatic rings. The van der Waals surface area contributed by atoms with E-state index in [4.69, 9.17) is 15.0 Å². The third-order valence-corrected chi connectivity index (χ3v) is 5.62. The number of primary amides is 1. The van der Waals surface area contributed by atoms with Crippen LogP contribution in [0.3, 0.4) is 0 Å². The molecule has 2 aliphatic rings. The number of nitrogens with one attached hydrogen (secondary N) is 1. The summed E-state index contributed by atoms with van der Waals surface area (Å²) >= 11 is 0. The van der Waals surface area contributed by atoms with Gasteiger partial charge in [-0.1, -0.05) is 18.2 Å². The molecule has 1 saturated heterocycles. The van der Waals surface area contributed by atoms with Gasteiger partial charge in [0, 0.05) is 12.0 Å². The minimum atomic E-state index is -0.744. The molecule has 3 rings (SSSR count). The van der Waals surface area contributed by atoms with E-state index in [1.54, 1.807) is 6.07 Å². The number of fused-ring (bicyclic) bond motifs is 1. The topological polar surface area (TPSA) is 90.6 Å². The minimum absolute atomic E-state index is 0.0593. The van der Waals surface area contributed by atoms with Gasteiger partial charge in [0.15, 0.2) is 0 Å². The highest BCUT2D eigenvalue weighted by Gasteiger charge is 2.54. The Kier molecular flexibility index (Phi) is 5.19. The molecule has 1 fully saturated rings. The van der Waals surface area contributed by atoms with Crippen LogP contribution in [-0.2, 0) is 20.5 Å². The first-order chi connectivity index (χ1) is 12.6. The van der Waals surface area contributed by atoms with Crippen LogP contribution in [0.4, 0.5) is 0 Å². The molecule has 0 unspecified atom stereocenters. The highest BCUT2D eigenvalue weighted by Crippen LogP contribution is 2.37. The molecular weight excluding hydrogens is 343 g/mol. The first-order valence-corrected chi connectivity index (χ1v) is 9.33. The van der Waals surface area contributed by atoms with E-state index < -0.39 is 30.2 Å². The van der Waals surface area contributed by atoms with E-state index in [0.717, 1.165) is 24.0 Å². The average Bonchev–Trinajstić information content (AvgIpc) is 2.81. The Labute approximate surface area is 160 Å². The maximum Gasteiger partial charge on any atom is 0.482 e. The van der Waals surface area contributed by atoms with E-state index >= 15 is 0 Å². The van der Waals surface area contributed by atoms with E-state index in [1.165, 1.54) is 0 Å². The number of carbonyl (C=O) groups is 2. The molecule has 0 spiro atoms. The van der Waals surface area contributed by atoms with Crippen LogP contribution in [0.15, 0.2) is 24.3 Å². The number of nitrogens with two attached hydrogens (primary N) is 1. The van der Waals surface area contributed by atoms with Crippen LogP contribution in [0, 0.1) is 0 Å². The largest absolute Gasteiger partial charge is 0.482 e. The maximum absolute atomic E-state index is 12.8. The fraction of sp³-hybridized carbons (Fsp3) is 0.500. The summed E-state index contributed by atoms with van der Waals surface area (Å²) in [5.74, 6) is -1.45. The lowest BCUT2D eigenvalue weighted by Crippen LogP contribution is -2.50. The van der Waals surface area contributed by atoms with Crippen molar-refractivity contribution >= 4 is 25.0 Å². The van der Waals surface area contributed by atoms with Crippen molar-refractivity contribution in [2.24, 2.45) is 5.73 Å². The number of aryl methyl sites for hydroxylation is 1. The van der Waals surface area contributed by atoms with Gasteiger partial charge in [0.05, 0.1) is 17.1 Å².